The molecule has 2 aromatic rings. The molecule has 12 heteroatoms. The van der Waals surface area contributed by atoms with Crippen molar-refractivity contribution < 1.29 is 24.2 Å². The number of aliphatic carboxylic acids is 1. The standard InChI is InChI=1S/C25H32N6O5S/c1-15(2)22-28-25(37-29-22)31(13-18(14-32)24(34)35)21-9-16(3)8-20(27-21)30-11-17(12-30)23(33)26-10-19-6-4-5-7-36-19/h8-9,13-15,17,19H,4-7,10-12H2,1-3H3,(H,26,33)(H,34,35)/b18-13+. The van der Waals surface area contributed by atoms with Crippen molar-refractivity contribution in [1.82, 2.24) is 19.7 Å². The largest absolute Gasteiger partial charge is 0.478 e. The first-order valence-electron chi connectivity index (χ1n) is 12.4. The van der Waals surface area contributed by atoms with Crippen molar-refractivity contribution in [2.24, 2.45) is 5.92 Å². The van der Waals surface area contributed by atoms with E-state index in [-0.39, 0.29) is 30.1 Å². The Morgan fingerprint density at radius 1 is 1.30 bits per heavy atom. The van der Waals surface area contributed by atoms with E-state index in [1.54, 1.807) is 6.07 Å². The zero-order chi connectivity index (χ0) is 26.5. The van der Waals surface area contributed by atoms with Crippen molar-refractivity contribution in [3.63, 3.8) is 0 Å². The first kappa shape index (κ1) is 26.7. The second-order valence-electron chi connectivity index (χ2n) is 9.66. The Morgan fingerprint density at radius 3 is 2.70 bits per heavy atom. The summed E-state index contributed by atoms with van der Waals surface area (Å²) in [6.45, 7) is 8.15. The Morgan fingerprint density at radius 2 is 2.08 bits per heavy atom. The summed E-state index contributed by atoms with van der Waals surface area (Å²) in [5.41, 5.74) is 0.450. The van der Waals surface area contributed by atoms with Crippen LogP contribution in [0.15, 0.2) is 23.9 Å². The number of nitrogens with one attached hydrogen (secondary N) is 1. The summed E-state index contributed by atoms with van der Waals surface area (Å²) >= 11 is 1.10. The lowest BCUT2D eigenvalue weighted by molar-refractivity contribution is -0.133. The van der Waals surface area contributed by atoms with Crippen molar-refractivity contribution in [1.29, 1.82) is 0 Å². The van der Waals surface area contributed by atoms with Crippen LogP contribution < -0.4 is 15.1 Å². The number of anilines is 3. The highest BCUT2D eigenvalue weighted by atomic mass is 32.1. The zero-order valence-corrected chi connectivity index (χ0v) is 22.0. The van der Waals surface area contributed by atoms with Crippen molar-refractivity contribution in [3.8, 4) is 0 Å². The quantitative estimate of drug-likeness (QED) is 0.205. The molecule has 2 N–H and O–H groups in total. The highest BCUT2D eigenvalue weighted by Gasteiger charge is 2.34. The number of aryl methyl sites for hydroxylation is 1. The van der Waals surface area contributed by atoms with E-state index in [2.05, 4.69) is 14.7 Å². The van der Waals surface area contributed by atoms with E-state index in [4.69, 9.17) is 9.72 Å². The predicted molar refractivity (Wildman–Crippen MR) is 139 cm³/mol. The second kappa shape index (κ2) is 11.8. The topological polar surface area (TPSA) is 138 Å². The Balaban J connectivity index is 1.51. The first-order chi connectivity index (χ1) is 17.7. The van der Waals surface area contributed by atoms with Crippen molar-refractivity contribution in [2.75, 3.05) is 36.0 Å². The molecular weight excluding hydrogens is 496 g/mol. The average molecular weight is 529 g/mol. The normalized spacial score (nSPS) is 18.4. The van der Waals surface area contributed by atoms with Gasteiger partial charge in [0.1, 0.15) is 23.0 Å². The minimum Gasteiger partial charge on any atom is -0.478 e. The number of ether oxygens (including phenoxy) is 1. The van der Waals surface area contributed by atoms with Crippen LogP contribution in [-0.4, -0.2) is 70.0 Å². The maximum atomic E-state index is 12.6. The van der Waals surface area contributed by atoms with Crippen LogP contribution in [0.2, 0.25) is 0 Å². The first-order valence-corrected chi connectivity index (χ1v) is 13.2. The number of rotatable bonds is 10. The van der Waals surface area contributed by atoms with E-state index in [9.17, 15) is 19.5 Å². The lowest BCUT2D eigenvalue weighted by Gasteiger charge is -2.39. The SMILES string of the molecule is Cc1cc(N2CC(C(=O)NCC3CCCCO3)C2)nc(N(/C=C(\C=O)C(=O)O)c2nc(C(C)C)ns2)c1. The van der Waals surface area contributed by atoms with Crippen molar-refractivity contribution in [3.05, 3.63) is 35.3 Å². The van der Waals surface area contributed by atoms with Crippen LogP contribution in [-0.2, 0) is 19.1 Å². The van der Waals surface area contributed by atoms with Crippen LogP contribution in [0.1, 0.15) is 50.4 Å². The molecule has 37 heavy (non-hydrogen) atoms. The van der Waals surface area contributed by atoms with Gasteiger partial charge in [-0.25, -0.2) is 14.8 Å². The molecule has 2 aliphatic rings. The summed E-state index contributed by atoms with van der Waals surface area (Å²) in [7, 11) is 0. The maximum absolute atomic E-state index is 12.6. The van der Waals surface area contributed by atoms with Crippen LogP contribution in [0.25, 0.3) is 0 Å². The molecule has 1 unspecified atom stereocenters. The minimum atomic E-state index is -1.35. The van der Waals surface area contributed by atoms with Gasteiger partial charge < -0.3 is 20.1 Å². The number of aldehydes is 1. The van der Waals surface area contributed by atoms with E-state index in [1.807, 2.05) is 31.7 Å². The third-order valence-corrected chi connectivity index (χ3v) is 7.07. The zero-order valence-electron chi connectivity index (χ0n) is 21.2. The number of carbonyl (C=O) groups excluding carboxylic acids is 2. The van der Waals surface area contributed by atoms with Crippen LogP contribution in [0, 0.1) is 12.8 Å². The molecule has 2 fully saturated rings. The Bertz CT molecular complexity index is 1170. The predicted octanol–water partition coefficient (Wildman–Crippen LogP) is 2.79. The van der Waals surface area contributed by atoms with Crippen LogP contribution in [0.4, 0.5) is 16.8 Å². The summed E-state index contributed by atoms with van der Waals surface area (Å²) in [6, 6.07) is 3.70. The summed E-state index contributed by atoms with van der Waals surface area (Å²) in [5.74, 6) is 0.275. The summed E-state index contributed by atoms with van der Waals surface area (Å²) in [5, 5.41) is 12.8. The Kier molecular flexibility index (Phi) is 8.49. The van der Waals surface area contributed by atoms with Crippen molar-refractivity contribution in [2.45, 2.75) is 52.1 Å². The number of pyridine rings is 1. The van der Waals surface area contributed by atoms with Crippen LogP contribution >= 0.6 is 11.5 Å². The average Bonchev–Trinajstić information content (AvgIpc) is 3.33. The molecule has 0 aliphatic carbocycles. The monoisotopic (exact) mass is 528 g/mol. The van der Waals surface area contributed by atoms with Crippen LogP contribution in [0.5, 0.6) is 0 Å². The van der Waals surface area contributed by atoms with Gasteiger partial charge in [0.25, 0.3) is 0 Å². The molecule has 0 spiro atoms. The molecule has 0 saturated carbocycles. The van der Waals surface area contributed by atoms with E-state index in [1.165, 1.54) is 11.1 Å². The molecule has 2 aromatic heterocycles. The lowest BCUT2D eigenvalue weighted by Crippen LogP contribution is -2.55. The minimum absolute atomic E-state index is 0.00928. The van der Waals surface area contributed by atoms with Gasteiger partial charge in [-0.2, -0.15) is 4.37 Å². The van der Waals surface area contributed by atoms with Crippen LogP contribution in [0.3, 0.4) is 0 Å². The van der Waals surface area contributed by atoms with Gasteiger partial charge in [-0.15, -0.1) is 0 Å². The van der Waals surface area contributed by atoms with Gasteiger partial charge in [-0.3, -0.25) is 14.5 Å². The number of hydrogen-bond donors (Lipinski definition) is 2. The van der Waals surface area contributed by atoms with Gasteiger partial charge in [-0.05, 0) is 43.9 Å². The molecule has 1 atom stereocenters. The number of carboxylic acids is 1. The smallest absolute Gasteiger partial charge is 0.340 e. The molecular formula is C25H32N6O5S. The highest BCUT2D eigenvalue weighted by Crippen LogP contribution is 2.32. The fraction of sp³-hybridized carbons (Fsp3) is 0.520. The number of nitrogens with zero attached hydrogens (tertiary/aromatic N) is 5. The molecule has 198 valence electrons. The number of aromatic nitrogens is 3. The number of amides is 1. The Hall–Kier alpha value is -3.38. The fourth-order valence-electron chi connectivity index (χ4n) is 4.13. The van der Waals surface area contributed by atoms with E-state index in [0.717, 1.165) is 43.0 Å². The van der Waals surface area contributed by atoms with Gasteiger partial charge in [-0.1, -0.05) is 13.8 Å². The molecule has 0 bridgehead atoms. The third kappa shape index (κ3) is 6.50. The molecule has 0 radical (unpaired) electrons. The number of hydrogen-bond acceptors (Lipinski definition) is 10. The molecule has 2 aliphatic heterocycles. The molecule has 2 saturated heterocycles. The summed E-state index contributed by atoms with van der Waals surface area (Å²) in [6.07, 6.45) is 4.76. The maximum Gasteiger partial charge on any atom is 0.340 e. The molecule has 0 aromatic carbocycles. The summed E-state index contributed by atoms with van der Waals surface area (Å²) < 4.78 is 10.0. The van der Waals surface area contributed by atoms with Gasteiger partial charge in [0.15, 0.2) is 6.29 Å². The van der Waals surface area contributed by atoms with Gasteiger partial charge in [0.05, 0.1) is 12.0 Å². The van der Waals surface area contributed by atoms with E-state index in [0.29, 0.717) is 42.2 Å². The molecule has 11 nitrogen and oxygen atoms in total. The van der Waals surface area contributed by atoms with Gasteiger partial charge in [0.2, 0.25) is 11.0 Å². The molecule has 4 rings (SSSR count). The highest BCUT2D eigenvalue weighted by molar-refractivity contribution is 7.09. The van der Waals surface area contributed by atoms with E-state index >= 15 is 0 Å². The fourth-order valence-corrected chi connectivity index (χ4v) is 4.92. The number of carboxylic acid groups (broad SMARTS) is 1. The van der Waals surface area contributed by atoms with Crippen molar-refractivity contribution >= 4 is 46.5 Å². The Labute approximate surface area is 219 Å². The third-order valence-electron chi connectivity index (χ3n) is 6.34. The number of carbonyl (C=O) groups is 3. The van der Waals surface area contributed by atoms with Gasteiger partial charge >= 0.3 is 5.97 Å². The summed E-state index contributed by atoms with van der Waals surface area (Å²) in [4.78, 5) is 48.3. The molecule has 1 amide bonds. The lowest BCUT2D eigenvalue weighted by atomic mass is 9.98. The molecule has 4 heterocycles. The van der Waals surface area contributed by atoms with E-state index < -0.39 is 11.5 Å². The van der Waals surface area contributed by atoms with Gasteiger partial charge in [0, 0.05) is 49.9 Å². The second-order valence-corrected chi connectivity index (χ2v) is 10.4.